The van der Waals surface area contributed by atoms with Crippen LogP contribution in [0.1, 0.15) is 11.1 Å². The van der Waals surface area contributed by atoms with Gasteiger partial charge in [-0.3, -0.25) is 0 Å². The van der Waals surface area contributed by atoms with Crippen molar-refractivity contribution in [3.05, 3.63) is 29.3 Å². The molecule has 104 valence electrons. The molecule has 0 aliphatic heterocycles. The van der Waals surface area contributed by atoms with E-state index in [9.17, 15) is 0 Å². The van der Waals surface area contributed by atoms with E-state index in [1.54, 1.807) is 6.07 Å². The molecule has 0 radical (unpaired) electrons. The van der Waals surface area contributed by atoms with E-state index in [-0.39, 0.29) is 13.2 Å². The molecule has 1 rings (SSSR count). The number of rotatable bonds is 4. The normalized spacial score (nSPS) is 10.4. The molecule has 0 aliphatic rings. The second kappa shape index (κ2) is 8.84. The fourth-order valence-electron chi connectivity index (χ4n) is 0.998. The molecule has 0 saturated carbocycles. The molecule has 0 aliphatic carbocycles. The number of hydrogen-bond donors (Lipinski definition) is 5. The Labute approximate surface area is 106 Å². The van der Waals surface area contributed by atoms with E-state index in [1.807, 2.05) is 26.0 Å². The average Bonchev–Trinajstić information content (AvgIpc) is 2.24. The van der Waals surface area contributed by atoms with Gasteiger partial charge in [0.25, 0.3) is 0 Å². The quantitative estimate of drug-likeness (QED) is 0.473. The largest absolute Gasteiger partial charge is 0.508 e. The molecule has 0 atom stereocenters. The minimum atomic E-state index is -1.55. The van der Waals surface area contributed by atoms with Crippen molar-refractivity contribution < 1.29 is 30.3 Å². The van der Waals surface area contributed by atoms with Crippen LogP contribution in [0.5, 0.6) is 5.75 Å². The third kappa shape index (κ3) is 8.91. The molecular formula is C12H20O6. The summed E-state index contributed by atoms with van der Waals surface area (Å²) in [5, 5.41) is 41.6. The molecule has 18 heavy (non-hydrogen) atoms. The zero-order valence-electron chi connectivity index (χ0n) is 10.4. The van der Waals surface area contributed by atoms with E-state index in [1.165, 1.54) is 0 Å². The number of phenolic OH excluding ortho intramolecular Hbond substituents is 1. The SMILES string of the molecule is Cc1ccc(C)c(O)c1.OC(O)COCC(O)O. The molecule has 0 aromatic heterocycles. The minimum absolute atomic E-state index is 0.308. The molecule has 0 bridgehead atoms. The number of ether oxygens (including phenoxy) is 1. The number of benzene rings is 1. The van der Waals surface area contributed by atoms with Gasteiger partial charge in [-0.15, -0.1) is 0 Å². The van der Waals surface area contributed by atoms with Gasteiger partial charge in [-0.1, -0.05) is 12.1 Å². The molecule has 0 unspecified atom stereocenters. The molecule has 0 heterocycles. The van der Waals surface area contributed by atoms with E-state index in [0.717, 1.165) is 11.1 Å². The first-order chi connectivity index (χ1) is 8.32. The van der Waals surface area contributed by atoms with E-state index in [2.05, 4.69) is 4.74 Å². The standard InChI is InChI=1S/C8H10O.C4H10O5/c1-6-3-4-7(2)8(9)5-6;5-3(6)1-9-2-4(7)8/h3-5,9H,1-2H3;3-8H,1-2H2. The van der Waals surface area contributed by atoms with Gasteiger partial charge in [0.2, 0.25) is 0 Å². The minimum Gasteiger partial charge on any atom is -0.508 e. The summed E-state index contributed by atoms with van der Waals surface area (Å²) >= 11 is 0. The Hall–Kier alpha value is -1.18. The van der Waals surface area contributed by atoms with Crippen molar-refractivity contribution in [1.29, 1.82) is 0 Å². The van der Waals surface area contributed by atoms with Gasteiger partial charge in [-0.25, -0.2) is 0 Å². The maximum absolute atomic E-state index is 9.10. The van der Waals surface area contributed by atoms with Crippen molar-refractivity contribution in [3.8, 4) is 5.75 Å². The Morgan fingerprint density at radius 1 is 1.00 bits per heavy atom. The summed E-state index contributed by atoms with van der Waals surface area (Å²) in [5.74, 6) is 0.384. The molecule has 6 heteroatoms. The third-order valence-electron chi connectivity index (χ3n) is 1.90. The highest BCUT2D eigenvalue weighted by molar-refractivity contribution is 5.34. The number of aliphatic hydroxyl groups excluding tert-OH is 2. The highest BCUT2D eigenvalue weighted by Gasteiger charge is 1.99. The topological polar surface area (TPSA) is 110 Å². The number of hydrogen-bond acceptors (Lipinski definition) is 6. The Bertz CT molecular complexity index is 329. The van der Waals surface area contributed by atoms with Gasteiger partial charge in [0, 0.05) is 0 Å². The van der Waals surface area contributed by atoms with E-state index in [4.69, 9.17) is 25.5 Å². The Balaban J connectivity index is 0.000000321. The summed E-state index contributed by atoms with van der Waals surface area (Å²) in [5.41, 5.74) is 2.03. The predicted octanol–water partition coefficient (Wildman–Crippen LogP) is -0.367. The maximum atomic E-state index is 9.10. The molecule has 1 aromatic rings. The van der Waals surface area contributed by atoms with Gasteiger partial charge < -0.3 is 30.3 Å². The van der Waals surface area contributed by atoms with Gasteiger partial charge in [0.05, 0.1) is 13.2 Å². The zero-order chi connectivity index (χ0) is 14.1. The summed E-state index contributed by atoms with van der Waals surface area (Å²) in [4.78, 5) is 0. The van der Waals surface area contributed by atoms with E-state index in [0.29, 0.717) is 5.75 Å². The highest BCUT2D eigenvalue weighted by Crippen LogP contribution is 2.15. The summed E-state index contributed by atoms with van der Waals surface area (Å²) < 4.78 is 4.36. The van der Waals surface area contributed by atoms with Crippen LogP contribution in [0.2, 0.25) is 0 Å². The van der Waals surface area contributed by atoms with Crippen LogP contribution in [-0.4, -0.2) is 51.3 Å². The van der Waals surface area contributed by atoms with Gasteiger partial charge in [0.1, 0.15) is 5.75 Å². The first-order valence-electron chi connectivity index (χ1n) is 5.39. The molecular weight excluding hydrogens is 240 g/mol. The molecule has 5 N–H and O–H groups in total. The van der Waals surface area contributed by atoms with Crippen LogP contribution >= 0.6 is 0 Å². The second-order valence-corrected chi connectivity index (χ2v) is 3.79. The summed E-state index contributed by atoms with van der Waals surface area (Å²) in [6.07, 6.45) is -3.10. The first-order valence-corrected chi connectivity index (χ1v) is 5.39. The van der Waals surface area contributed by atoms with Crippen LogP contribution in [0.15, 0.2) is 18.2 Å². The van der Waals surface area contributed by atoms with Gasteiger partial charge >= 0.3 is 0 Å². The van der Waals surface area contributed by atoms with Crippen LogP contribution < -0.4 is 0 Å². The number of aliphatic hydroxyl groups is 4. The predicted molar refractivity (Wildman–Crippen MR) is 64.9 cm³/mol. The second-order valence-electron chi connectivity index (χ2n) is 3.79. The maximum Gasteiger partial charge on any atom is 0.175 e. The zero-order valence-corrected chi connectivity index (χ0v) is 10.4. The van der Waals surface area contributed by atoms with Crippen molar-refractivity contribution in [2.45, 2.75) is 26.4 Å². The van der Waals surface area contributed by atoms with Crippen molar-refractivity contribution in [1.82, 2.24) is 0 Å². The Morgan fingerprint density at radius 2 is 1.50 bits per heavy atom. The lowest BCUT2D eigenvalue weighted by molar-refractivity contribution is -0.138. The van der Waals surface area contributed by atoms with Gasteiger partial charge in [-0.2, -0.15) is 0 Å². The average molecular weight is 260 g/mol. The van der Waals surface area contributed by atoms with Crippen molar-refractivity contribution >= 4 is 0 Å². The van der Waals surface area contributed by atoms with Crippen LogP contribution in [0.25, 0.3) is 0 Å². The van der Waals surface area contributed by atoms with E-state index >= 15 is 0 Å². The van der Waals surface area contributed by atoms with Crippen molar-refractivity contribution in [2.75, 3.05) is 13.2 Å². The molecule has 0 amide bonds. The van der Waals surface area contributed by atoms with Crippen LogP contribution in [-0.2, 0) is 4.74 Å². The fourth-order valence-corrected chi connectivity index (χ4v) is 0.998. The summed E-state index contributed by atoms with van der Waals surface area (Å²) in [7, 11) is 0. The van der Waals surface area contributed by atoms with E-state index < -0.39 is 12.6 Å². The molecule has 0 spiro atoms. The van der Waals surface area contributed by atoms with Gasteiger partial charge in [0.15, 0.2) is 12.6 Å². The third-order valence-corrected chi connectivity index (χ3v) is 1.90. The van der Waals surface area contributed by atoms with Crippen molar-refractivity contribution in [3.63, 3.8) is 0 Å². The molecule has 6 nitrogen and oxygen atoms in total. The summed E-state index contributed by atoms with van der Waals surface area (Å²) in [6.45, 7) is 3.23. The van der Waals surface area contributed by atoms with Crippen molar-refractivity contribution in [2.24, 2.45) is 0 Å². The fraction of sp³-hybridized carbons (Fsp3) is 0.500. The van der Waals surface area contributed by atoms with Gasteiger partial charge in [-0.05, 0) is 31.0 Å². The Morgan fingerprint density at radius 3 is 1.83 bits per heavy atom. The van der Waals surface area contributed by atoms with Crippen LogP contribution in [0.4, 0.5) is 0 Å². The lowest BCUT2D eigenvalue weighted by Crippen LogP contribution is -2.20. The molecule has 0 saturated heterocycles. The summed E-state index contributed by atoms with van der Waals surface area (Å²) in [6, 6.07) is 5.65. The highest BCUT2D eigenvalue weighted by atomic mass is 16.6. The Kier molecular flexibility index (Phi) is 8.27. The lowest BCUT2D eigenvalue weighted by atomic mass is 10.1. The molecule has 1 aromatic carbocycles. The number of aryl methyl sites for hydroxylation is 2. The lowest BCUT2D eigenvalue weighted by Gasteiger charge is -2.05. The smallest absolute Gasteiger partial charge is 0.175 e. The monoisotopic (exact) mass is 260 g/mol. The van der Waals surface area contributed by atoms with Crippen LogP contribution in [0, 0.1) is 13.8 Å². The number of aromatic hydroxyl groups is 1. The first kappa shape index (κ1) is 16.8. The number of phenols is 1. The van der Waals surface area contributed by atoms with Crippen LogP contribution in [0.3, 0.4) is 0 Å². The molecule has 0 fully saturated rings.